The van der Waals surface area contributed by atoms with Gasteiger partial charge in [-0.15, -0.1) is 0 Å². The van der Waals surface area contributed by atoms with E-state index in [0.29, 0.717) is 13.2 Å². The summed E-state index contributed by atoms with van der Waals surface area (Å²) in [5.74, 6) is 0.783. The van der Waals surface area contributed by atoms with Crippen molar-refractivity contribution in [1.82, 2.24) is 14.8 Å². The second-order valence-corrected chi connectivity index (χ2v) is 8.29. The number of aromatic nitrogens is 1. The number of rotatable bonds is 7. The van der Waals surface area contributed by atoms with Gasteiger partial charge in [-0.2, -0.15) is 0 Å². The van der Waals surface area contributed by atoms with Crippen LogP contribution in [0.1, 0.15) is 5.69 Å². The molecule has 1 aliphatic heterocycles. The van der Waals surface area contributed by atoms with E-state index in [1.165, 1.54) is 16.6 Å². The highest BCUT2D eigenvalue weighted by Gasteiger charge is 2.20. The highest BCUT2D eigenvalue weighted by atomic mass is 79.9. The standard InChI is InChI=1S/C22H26BrN3O2/c23-18-5-7-21(8-6-18)28-16-20(27)15-26-11-9-25(10-12-26)14-19-13-17-3-1-2-4-22(17)24-19/h1-8,13,20,24,27H,9-12,14-16H2/t20-/m1/s1. The van der Waals surface area contributed by atoms with Gasteiger partial charge in [0.25, 0.3) is 0 Å². The van der Waals surface area contributed by atoms with Gasteiger partial charge in [0.05, 0.1) is 0 Å². The van der Waals surface area contributed by atoms with Crippen LogP contribution in [0.4, 0.5) is 0 Å². The molecule has 1 saturated heterocycles. The molecule has 4 rings (SSSR count). The molecule has 5 nitrogen and oxygen atoms in total. The lowest BCUT2D eigenvalue weighted by Gasteiger charge is -2.35. The van der Waals surface area contributed by atoms with Crippen molar-refractivity contribution in [3.63, 3.8) is 0 Å². The quantitative estimate of drug-likeness (QED) is 0.586. The molecule has 1 aromatic heterocycles. The molecular weight excluding hydrogens is 418 g/mol. The molecule has 1 atom stereocenters. The summed E-state index contributed by atoms with van der Waals surface area (Å²) in [6.45, 7) is 5.86. The number of para-hydroxylation sites is 1. The van der Waals surface area contributed by atoms with Crippen molar-refractivity contribution < 1.29 is 9.84 Å². The van der Waals surface area contributed by atoms with Crippen LogP contribution in [-0.4, -0.2) is 65.3 Å². The summed E-state index contributed by atoms with van der Waals surface area (Å²) in [6.07, 6.45) is -0.482. The average molecular weight is 444 g/mol. The molecule has 2 aromatic carbocycles. The Morgan fingerprint density at radius 2 is 1.71 bits per heavy atom. The minimum Gasteiger partial charge on any atom is -0.491 e. The van der Waals surface area contributed by atoms with E-state index in [9.17, 15) is 5.11 Å². The van der Waals surface area contributed by atoms with Gasteiger partial charge in [-0.05, 0) is 41.8 Å². The van der Waals surface area contributed by atoms with Crippen molar-refractivity contribution in [3.05, 3.63) is 64.8 Å². The Bertz CT molecular complexity index is 855. The Balaban J connectivity index is 1.20. The zero-order valence-electron chi connectivity index (χ0n) is 15.9. The normalized spacial score (nSPS) is 17.1. The van der Waals surface area contributed by atoms with Crippen LogP contribution in [0, 0.1) is 0 Å². The fourth-order valence-electron chi connectivity index (χ4n) is 3.66. The number of nitrogens with one attached hydrogen (secondary N) is 1. The number of aliphatic hydroxyl groups excluding tert-OH is 1. The number of hydrogen-bond donors (Lipinski definition) is 2. The van der Waals surface area contributed by atoms with Gasteiger partial charge in [-0.1, -0.05) is 34.1 Å². The first-order chi connectivity index (χ1) is 13.7. The third-order valence-electron chi connectivity index (χ3n) is 5.17. The zero-order chi connectivity index (χ0) is 19.3. The van der Waals surface area contributed by atoms with E-state index in [4.69, 9.17) is 4.74 Å². The molecule has 0 radical (unpaired) electrons. The Hall–Kier alpha value is -1.86. The first-order valence-corrected chi connectivity index (χ1v) is 10.5. The molecule has 1 aliphatic rings. The molecular formula is C22H26BrN3O2. The van der Waals surface area contributed by atoms with Gasteiger partial charge >= 0.3 is 0 Å². The van der Waals surface area contributed by atoms with E-state index in [1.54, 1.807) is 0 Å². The number of aromatic amines is 1. The summed E-state index contributed by atoms with van der Waals surface area (Å²) in [6, 6.07) is 18.3. The van der Waals surface area contributed by atoms with E-state index >= 15 is 0 Å². The maximum atomic E-state index is 10.3. The number of nitrogens with zero attached hydrogens (tertiary/aromatic N) is 2. The van der Waals surface area contributed by atoms with E-state index in [-0.39, 0.29) is 0 Å². The van der Waals surface area contributed by atoms with Crippen molar-refractivity contribution >= 4 is 26.8 Å². The Morgan fingerprint density at radius 1 is 1.00 bits per heavy atom. The van der Waals surface area contributed by atoms with Gasteiger partial charge in [0.1, 0.15) is 18.5 Å². The topological polar surface area (TPSA) is 51.7 Å². The lowest BCUT2D eigenvalue weighted by molar-refractivity contribution is 0.0444. The first kappa shape index (κ1) is 19.5. The Morgan fingerprint density at radius 3 is 2.46 bits per heavy atom. The summed E-state index contributed by atoms with van der Waals surface area (Å²) in [4.78, 5) is 8.29. The molecule has 6 heteroatoms. The van der Waals surface area contributed by atoms with Gasteiger partial charge in [0.2, 0.25) is 0 Å². The van der Waals surface area contributed by atoms with Crippen molar-refractivity contribution in [3.8, 4) is 5.75 Å². The number of benzene rings is 2. The third-order valence-corrected chi connectivity index (χ3v) is 5.70. The molecule has 0 spiro atoms. The molecule has 1 fully saturated rings. The molecule has 0 aliphatic carbocycles. The highest BCUT2D eigenvalue weighted by molar-refractivity contribution is 9.10. The summed E-state index contributed by atoms with van der Waals surface area (Å²) in [5.41, 5.74) is 2.46. The predicted molar refractivity (Wildman–Crippen MR) is 116 cm³/mol. The van der Waals surface area contributed by atoms with Crippen LogP contribution in [0.5, 0.6) is 5.75 Å². The van der Waals surface area contributed by atoms with Crippen LogP contribution in [0.3, 0.4) is 0 Å². The van der Waals surface area contributed by atoms with E-state index in [2.05, 4.69) is 61.0 Å². The van der Waals surface area contributed by atoms with Crippen LogP contribution in [0.15, 0.2) is 59.1 Å². The average Bonchev–Trinajstić information content (AvgIpc) is 3.11. The van der Waals surface area contributed by atoms with Crippen LogP contribution in [-0.2, 0) is 6.54 Å². The lowest BCUT2D eigenvalue weighted by atomic mass is 10.2. The summed E-state index contributed by atoms with van der Waals surface area (Å²) < 4.78 is 6.70. The molecule has 3 aromatic rings. The summed E-state index contributed by atoms with van der Waals surface area (Å²) in [7, 11) is 0. The number of aliphatic hydroxyl groups is 1. The number of β-amino-alcohol motifs (C(OH)–C–C–N with tert-alkyl or cyclic N) is 1. The molecule has 0 unspecified atom stereocenters. The molecule has 0 bridgehead atoms. The fourth-order valence-corrected chi connectivity index (χ4v) is 3.93. The zero-order valence-corrected chi connectivity index (χ0v) is 17.4. The predicted octanol–water partition coefficient (Wildman–Crippen LogP) is 3.49. The third kappa shape index (κ3) is 5.14. The second kappa shape index (κ2) is 9.09. The Kier molecular flexibility index (Phi) is 6.32. The van der Waals surface area contributed by atoms with Crippen LogP contribution in [0.2, 0.25) is 0 Å². The van der Waals surface area contributed by atoms with Crippen molar-refractivity contribution in [2.75, 3.05) is 39.3 Å². The maximum absolute atomic E-state index is 10.3. The van der Waals surface area contributed by atoms with Gasteiger partial charge in [-0.25, -0.2) is 0 Å². The first-order valence-electron chi connectivity index (χ1n) is 9.73. The molecule has 2 heterocycles. The van der Waals surface area contributed by atoms with Crippen LogP contribution >= 0.6 is 15.9 Å². The molecule has 0 amide bonds. The Labute approximate surface area is 174 Å². The number of hydrogen-bond acceptors (Lipinski definition) is 4. The molecule has 148 valence electrons. The SMILES string of the molecule is O[C@@H](COc1ccc(Br)cc1)CN1CCN(Cc2cc3ccccc3[nH]2)CC1. The highest BCUT2D eigenvalue weighted by Crippen LogP contribution is 2.18. The lowest BCUT2D eigenvalue weighted by Crippen LogP contribution is -2.48. The second-order valence-electron chi connectivity index (χ2n) is 7.38. The van der Waals surface area contributed by atoms with E-state index in [0.717, 1.165) is 42.9 Å². The van der Waals surface area contributed by atoms with Gasteiger partial charge in [0, 0.05) is 55.0 Å². The van der Waals surface area contributed by atoms with Crippen molar-refractivity contribution in [2.45, 2.75) is 12.6 Å². The fraction of sp³-hybridized carbons (Fsp3) is 0.364. The number of fused-ring (bicyclic) bond motifs is 1. The molecule has 0 saturated carbocycles. The van der Waals surface area contributed by atoms with Crippen LogP contribution in [0.25, 0.3) is 10.9 Å². The molecule has 2 N–H and O–H groups in total. The van der Waals surface area contributed by atoms with E-state index < -0.39 is 6.10 Å². The maximum Gasteiger partial charge on any atom is 0.119 e. The van der Waals surface area contributed by atoms with Gasteiger partial charge in [0.15, 0.2) is 0 Å². The van der Waals surface area contributed by atoms with E-state index in [1.807, 2.05) is 24.3 Å². The summed E-state index contributed by atoms with van der Waals surface area (Å²) in [5, 5.41) is 11.6. The minimum atomic E-state index is -0.482. The smallest absolute Gasteiger partial charge is 0.119 e. The number of halogens is 1. The van der Waals surface area contributed by atoms with Crippen molar-refractivity contribution in [1.29, 1.82) is 0 Å². The minimum absolute atomic E-state index is 0.316. The number of H-pyrrole nitrogens is 1. The molecule has 28 heavy (non-hydrogen) atoms. The van der Waals surface area contributed by atoms with Crippen LogP contribution < -0.4 is 4.74 Å². The largest absolute Gasteiger partial charge is 0.491 e. The number of ether oxygens (including phenoxy) is 1. The monoisotopic (exact) mass is 443 g/mol. The van der Waals surface area contributed by atoms with Crippen molar-refractivity contribution in [2.24, 2.45) is 0 Å². The van der Waals surface area contributed by atoms with Gasteiger partial charge in [-0.3, -0.25) is 9.80 Å². The number of piperazine rings is 1. The van der Waals surface area contributed by atoms with Gasteiger partial charge < -0.3 is 14.8 Å². The summed E-state index contributed by atoms with van der Waals surface area (Å²) >= 11 is 3.41.